The van der Waals surface area contributed by atoms with Gasteiger partial charge in [-0.2, -0.15) is 13.2 Å². The van der Waals surface area contributed by atoms with E-state index in [0.717, 1.165) is 5.56 Å². The van der Waals surface area contributed by atoms with E-state index >= 15 is 0 Å². The third-order valence-electron chi connectivity index (χ3n) is 3.70. The van der Waals surface area contributed by atoms with Gasteiger partial charge in [-0.15, -0.1) is 0 Å². The number of alkyl halides is 3. The molecule has 1 saturated heterocycles. The molecular weight excluding hydrogens is 321 g/mol. The van der Waals surface area contributed by atoms with Crippen LogP contribution in [0.2, 0.25) is 5.02 Å². The minimum Gasteiger partial charge on any atom is -0.389 e. The predicted molar refractivity (Wildman–Crippen MR) is 81.4 cm³/mol. The van der Waals surface area contributed by atoms with Crippen molar-refractivity contribution in [1.82, 2.24) is 4.90 Å². The molecule has 1 fully saturated rings. The van der Waals surface area contributed by atoms with Gasteiger partial charge < -0.3 is 5.73 Å². The van der Waals surface area contributed by atoms with E-state index in [1.54, 1.807) is 23.1 Å². The molecule has 2 nitrogen and oxygen atoms in total. The fourth-order valence-electron chi connectivity index (χ4n) is 2.54. The van der Waals surface area contributed by atoms with Crippen molar-refractivity contribution < 1.29 is 13.2 Å². The summed E-state index contributed by atoms with van der Waals surface area (Å²) in [5, 5.41) is 0.481. The zero-order valence-electron chi connectivity index (χ0n) is 11.3. The zero-order chi connectivity index (χ0) is 15.6. The van der Waals surface area contributed by atoms with Crippen molar-refractivity contribution in [3.05, 3.63) is 34.3 Å². The number of halogens is 4. The third kappa shape index (κ3) is 4.31. The van der Waals surface area contributed by atoms with Gasteiger partial charge in [-0.3, -0.25) is 4.90 Å². The standard InChI is InChI=1S/C14H16ClF3N2S/c15-12-6-9(13(19)21)3-4-10(12)7-20-5-1-2-11(8-20)14(16,17)18/h3-4,6,11H,1-2,5,7-8H2,(H2,19,21). The van der Waals surface area contributed by atoms with Crippen LogP contribution in [0.3, 0.4) is 0 Å². The summed E-state index contributed by atoms with van der Waals surface area (Å²) < 4.78 is 38.4. The molecule has 116 valence electrons. The van der Waals surface area contributed by atoms with Gasteiger partial charge in [-0.25, -0.2) is 0 Å². The van der Waals surface area contributed by atoms with E-state index in [0.29, 0.717) is 30.1 Å². The molecule has 0 amide bonds. The lowest BCUT2D eigenvalue weighted by Gasteiger charge is -2.33. The second kappa shape index (κ2) is 6.50. The number of hydrogen-bond donors (Lipinski definition) is 1. The summed E-state index contributed by atoms with van der Waals surface area (Å²) in [4.78, 5) is 2.04. The quantitative estimate of drug-likeness (QED) is 0.852. The summed E-state index contributed by atoms with van der Waals surface area (Å²) in [6, 6.07) is 5.17. The minimum atomic E-state index is -4.13. The molecule has 0 radical (unpaired) electrons. The molecule has 21 heavy (non-hydrogen) atoms. The van der Waals surface area contributed by atoms with Gasteiger partial charge in [0, 0.05) is 23.7 Å². The molecule has 1 aromatic rings. The largest absolute Gasteiger partial charge is 0.393 e. The highest BCUT2D eigenvalue weighted by Gasteiger charge is 2.41. The Bertz CT molecular complexity index is 533. The first-order chi connectivity index (χ1) is 9.77. The van der Waals surface area contributed by atoms with Gasteiger partial charge in [-0.1, -0.05) is 36.0 Å². The van der Waals surface area contributed by atoms with E-state index in [2.05, 4.69) is 0 Å². The van der Waals surface area contributed by atoms with Crippen molar-refractivity contribution >= 4 is 28.8 Å². The molecule has 2 N–H and O–H groups in total. The Balaban J connectivity index is 2.06. The molecule has 1 aliphatic heterocycles. The predicted octanol–water partition coefficient (Wildman–Crippen LogP) is 3.75. The van der Waals surface area contributed by atoms with Crippen molar-refractivity contribution in [3.63, 3.8) is 0 Å². The lowest BCUT2D eigenvalue weighted by Crippen LogP contribution is -2.41. The first kappa shape index (κ1) is 16.5. The first-order valence-corrected chi connectivity index (χ1v) is 7.43. The Hall–Kier alpha value is -0.850. The van der Waals surface area contributed by atoms with E-state index in [9.17, 15) is 13.2 Å². The van der Waals surface area contributed by atoms with Gasteiger partial charge >= 0.3 is 6.18 Å². The molecule has 1 aromatic carbocycles. The molecule has 0 spiro atoms. The smallest absolute Gasteiger partial charge is 0.389 e. The Labute approximate surface area is 132 Å². The Morgan fingerprint density at radius 2 is 2.14 bits per heavy atom. The van der Waals surface area contributed by atoms with Crippen LogP contribution in [0.15, 0.2) is 18.2 Å². The Morgan fingerprint density at radius 3 is 2.71 bits per heavy atom. The summed E-state index contributed by atoms with van der Waals surface area (Å²) in [7, 11) is 0. The molecule has 0 aromatic heterocycles. The molecule has 1 atom stereocenters. The van der Waals surface area contributed by atoms with E-state index in [1.807, 2.05) is 0 Å². The molecule has 0 bridgehead atoms. The maximum Gasteiger partial charge on any atom is 0.393 e. The summed E-state index contributed by atoms with van der Waals surface area (Å²) in [6.45, 7) is 1.08. The third-order valence-corrected chi connectivity index (χ3v) is 4.29. The average Bonchev–Trinajstić information content (AvgIpc) is 2.40. The van der Waals surface area contributed by atoms with Crippen molar-refractivity contribution in [2.24, 2.45) is 11.7 Å². The van der Waals surface area contributed by atoms with Gasteiger partial charge in [0.15, 0.2) is 0 Å². The maximum absolute atomic E-state index is 12.8. The highest BCUT2D eigenvalue weighted by molar-refractivity contribution is 7.80. The summed E-state index contributed by atoms with van der Waals surface area (Å²) in [5.41, 5.74) is 6.97. The van der Waals surface area contributed by atoms with Crippen LogP contribution in [0.25, 0.3) is 0 Å². The number of thiocarbonyl (C=S) groups is 1. The van der Waals surface area contributed by atoms with Crippen LogP contribution in [-0.4, -0.2) is 29.2 Å². The molecule has 0 aliphatic carbocycles. The monoisotopic (exact) mass is 336 g/mol. The topological polar surface area (TPSA) is 29.3 Å². The van der Waals surface area contributed by atoms with Gasteiger partial charge in [-0.05, 0) is 31.0 Å². The highest BCUT2D eigenvalue weighted by Crippen LogP contribution is 2.34. The number of likely N-dealkylation sites (tertiary alicyclic amines) is 1. The van der Waals surface area contributed by atoms with Crippen LogP contribution in [0.5, 0.6) is 0 Å². The number of piperidine rings is 1. The number of rotatable bonds is 3. The van der Waals surface area contributed by atoms with E-state index in [1.165, 1.54) is 0 Å². The molecule has 7 heteroatoms. The van der Waals surface area contributed by atoms with Gasteiger partial charge in [0.05, 0.1) is 5.92 Å². The summed E-state index contributed by atoms with van der Waals surface area (Å²) in [5.74, 6) is -1.25. The zero-order valence-corrected chi connectivity index (χ0v) is 12.9. The number of benzene rings is 1. The van der Waals surface area contributed by atoms with Crippen LogP contribution < -0.4 is 5.73 Å². The van der Waals surface area contributed by atoms with Crippen LogP contribution in [0, 0.1) is 5.92 Å². The molecule has 2 rings (SSSR count). The van der Waals surface area contributed by atoms with Crippen molar-refractivity contribution in [3.8, 4) is 0 Å². The molecular formula is C14H16ClF3N2S. The number of nitrogens with zero attached hydrogens (tertiary/aromatic N) is 1. The molecule has 1 unspecified atom stereocenters. The van der Waals surface area contributed by atoms with Crippen molar-refractivity contribution in [2.45, 2.75) is 25.6 Å². The number of hydrogen-bond acceptors (Lipinski definition) is 2. The Morgan fingerprint density at radius 1 is 1.43 bits per heavy atom. The van der Waals surface area contributed by atoms with Crippen LogP contribution in [0.4, 0.5) is 13.2 Å². The van der Waals surface area contributed by atoms with Crippen LogP contribution in [0.1, 0.15) is 24.0 Å². The molecule has 0 saturated carbocycles. The SMILES string of the molecule is NC(=S)c1ccc(CN2CCCC(C(F)(F)F)C2)c(Cl)c1. The number of nitrogens with two attached hydrogens (primary N) is 1. The highest BCUT2D eigenvalue weighted by atomic mass is 35.5. The van der Waals surface area contributed by atoms with Crippen LogP contribution >= 0.6 is 23.8 Å². The second-order valence-corrected chi connectivity index (χ2v) is 6.13. The maximum atomic E-state index is 12.8. The fourth-order valence-corrected chi connectivity index (χ4v) is 2.90. The molecule has 1 aliphatic rings. The lowest BCUT2D eigenvalue weighted by molar-refractivity contribution is -0.187. The summed E-state index contributed by atoms with van der Waals surface area (Å²) in [6.07, 6.45) is -3.38. The van der Waals surface area contributed by atoms with Crippen molar-refractivity contribution in [1.29, 1.82) is 0 Å². The summed E-state index contributed by atoms with van der Waals surface area (Å²) >= 11 is 11.0. The van der Waals surface area contributed by atoms with E-state index in [4.69, 9.17) is 29.6 Å². The normalized spacial score (nSPS) is 20.5. The molecule has 1 heterocycles. The van der Waals surface area contributed by atoms with Gasteiger partial charge in [0.1, 0.15) is 4.99 Å². The van der Waals surface area contributed by atoms with Gasteiger partial charge in [0.25, 0.3) is 0 Å². The fraction of sp³-hybridized carbons (Fsp3) is 0.500. The van der Waals surface area contributed by atoms with Gasteiger partial charge in [0.2, 0.25) is 0 Å². The van der Waals surface area contributed by atoms with Crippen molar-refractivity contribution in [2.75, 3.05) is 13.1 Å². The van der Waals surface area contributed by atoms with Crippen LogP contribution in [-0.2, 0) is 6.54 Å². The first-order valence-electron chi connectivity index (χ1n) is 6.64. The van der Waals surface area contributed by atoms with E-state index < -0.39 is 12.1 Å². The second-order valence-electron chi connectivity index (χ2n) is 5.29. The minimum absolute atomic E-state index is 0.0247. The van der Waals surface area contributed by atoms with E-state index in [-0.39, 0.29) is 18.0 Å². The average molecular weight is 337 g/mol. The lowest BCUT2D eigenvalue weighted by atomic mass is 9.97. The Kier molecular flexibility index (Phi) is 5.11.